The molecule has 0 spiro atoms. The van der Waals surface area contributed by atoms with E-state index in [1.54, 1.807) is 0 Å². The predicted octanol–water partition coefficient (Wildman–Crippen LogP) is 6.69. The summed E-state index contributed by atoms with van der Waals surface area (Å²) < 4.78 is 0. The summed E-state index contributed by atoms with van der Waals surface area (Å²) in [4.78, 5) is 2.60. The topological polar surface area (TPSA) is 3.24 Å². The van der Waals surface area contributed by atoms with Gasteiger partial charge in [0, 0.05) is 19.6 Å². The van der Waals surface area contributed by atoms with Gasteiger partial charge in [-0.3, -0.25) is 4.90 Å². The normalized spacial score (nSPS) is 19.3. The van der Waals surface area contributed by atoms with Crippen LogP contribution in [0.5, 0.6) is 0 Å². The van der Waals surface area contributed by atoms with Crippen LogP contribution in [0.15, 0.2) is 47.1 Å². The SMILES string of the molecule is C=C(C)CC1(CC)CN(CC(/C=C/C)=C/C(CCC)=C(/C)CC)C1. The second kappa shape index (κ2) is 10.0. The smallest absolute Gasteiger partial charge is 0.0234 e. The molecule has 0 unspecified atom stereocenters. The van der Waals surface area contributed by atoms with Gasteiger partial charge in [-0.1, -0.05) is 56.6 Å². The Bertz CT molecular complexity index is 498. The summed E-state index contributed by atoms with van der Waals surface area (Å²) in [5.41, 5.74) is 6.33. The van der Waals surface area contributed by atoms with E-state index < -0.39 is 0 Å². The Morgan fingerprint density at radius 3 is 2.29 bits per heavy atom. The van der Waals surface area contributed by atoms with Crippen molar-refractivity contribution >= 4 is 0 Å². The lowest BCUT2D eigenvalue weighted by Gasteiger charge is -2.50. The van der Waals surface area contributed by atoms with Crippen molar-refractivity contribution in [3.63, 3.8) is 0 Å². The molecular formula is C23H39N. The van der Waals surface area contributed by atoms with Crippen LogP contribution in [0.1, 0.15) is 73.6 Å². The minimum atomic E-state index is 0.480. The second-order valence-corrected chi connectivity index (χ2v) is 7.76. The molecule has 0 aromatic heterocycles. The van der Waals surface area contributed by atoms with Crippen molar-refractivity contribution in [1.29, 1.82) is 0 Å². The average molecular weight is 330 g/mol. The molecule has 0 bridgehead atoms. The predicted molar refractivity (Wildman–Crippen MR) is 109 cm³/mol. The molecule has 0 atom stereocenters. The van der Waals surface area contributed by atoms with Crippen molar-refractivity contribution in [1.82, 2.24) is 4.90 Å². The number of hydrogen-bond acceptors (Lipinski definition) is 1. The molecule has 136 valence electrons. The third kappa shape index (κ3) is 6.09. The molecule has 1 nitrogen and oxygen atoms in total. The largest absolute Gasteiger partial charge is 0.298 e. The van der Waals surface area contributed by atoms with Gasteiger partial charge in [0.2, 0.25) is 0 Å². The number of hydrogen-bond donors (Lipinski definition) is 0. The van der Waals surface area contributed by atoms with E-state index in [-0.39, 0.29) is 0 Å². The van der Waals surface area contributed by atoms with Gasteiger partial charge < -0.3 is 0 Å². The minimum absolute atomic E-state index is 0.480. The summed E-state index contributed by atoms with van der Waals surface area (Å²) in [6.07, 6.45) is 12.9. The maximum Gasteiger partial charge on any atom is 0.0234 e. The molecular weight excluding hydrogens is 290 g/mol. The van der Waals surface area contributed by atoms with Crippen molar-refractivity contribution in [2.45, 2.75) is 73.6 Å². The van der Waals surface area contributed by atoms with E-state index >= 15 is 0 Å². The van der Waals surface area contributed by atoms with Crippen molar-refractivity contribution in [3.05, 3.63) is 47.1 Å². The standard InChI is InChI=1S/C23H39N/c1-8-12-21(14-22(13-9-2)20(7)10-3)16-24-17-23(11-4,18-24)15-19(5)6/h8,12,14H,5,9-11,13,15-18H2,1-4,6-7H3/b12-8+,21-14+,22-20-. The highest BCUT2D eigenvalue weighted by atomic mass is 15.2. The summed E-state index contributed by atoms with van der Waals surface area (Å²) >= 11 is 0. The number of likely N-dealkylation sites (tertiary alicyclic amines) is 1. The highest BCUT2D eigenvalue weighted by Gasteiger charge is 2.40. The van der Waals surface area contributed by atoms with Crippen LogP contribution < -0.4 is 0 Å². The van der Waals surface area contributed by atoms with Crippen LogP contribution in [0.3, 0.4) is 0 Å². The van der Waals surface area contributed by atoms with Crippen molar-refractivity contribution in [2.75, 3.05) is 19.6 Å². The average Bonchev–Trinajstić information content (AvgIpc) is 2.50. The molecule has 0 saturated carbocycles. The maximum absolute atomic E-state index is 4.13. The first-order valence-electron chi connectivity index (χ1n) is 9.78. The van der Waals surface area contributed by atoms with E-state index in [4.69, 9.17) is 0 Å². The summed E-state index contributed by atoms with van der Waals surface area (Å²) in [5, 5.41) is 0. The summed E-state index contributed by atoms with van der Waals surface area (Å²) in [5.74, 6) is 0. The van der Waals surface area contributed by atoms with Crippen LogP contribution in [-0.2, 0) is 0 Å². The lowest BCUT2D eigenvalue weighted by molar-refractivity contribution is 0.00552. The molecule has 1 heteroatoms. The first kappa shape index (κ1) is 21.0. The lowest BCUT2D eigenvalue weighted by Crippen LogP contribution is -2.56. The van der Waals surface area contributed by atoms with Crippen LogP contribution in [0, 0.1) is 5.41 Å². The zero-order chi connectivity index (χ0) is 18.2. The molecule has 0 radical (unpaired) electrons. The first-order chi connectivity index (χ1) is 11.4. The molecule has 24 heavy (non-hydrogen) atoms. The third-order valence-corrected chi connectivity index (χ3v) is 5.29. The molecule has 1 fully saturated rings. The molecule has 1 saturated heterocycles. The van der Waals surface area contributed by atoms with Crippen molar-refractivity contribution < 1.29 is 0 Å². The van der Waals surface area contributed by atoms with Gasteiger partial charge in [0.05, 0.1) is 0 Å². The Hall–Kier alpha value is -1.08. The fourth-order valence-electron chi connectivity index (χ4n) is 3.86. The van der Waals surface area contributed by atoms with Crippen LogP contribution in [0.2, 0.25) is 0 Å². The zero-order valence-electron chi connectivity index (χ0n) is 17.0. The zero-order valence-corrected chi connectivity index (χ0v) is 17.0. The van der Waals surface area contributed by atoms with Crippen LogP contribution in [0.25, 0.3) is 0 Å². The van der Waals surface area contributed by atoms with E-state index in [2.05, 4.69) is 71.2 Å². The van der Waals surface area contributed by atoms with E-state index in [9.17, 15) is 0 Å². The first-order valence-corrected chi connectivity index (χ1v) is 9.78. The number of nitrogens with zero attached hydrogens (tertiary/aromatic N) is 1. The van der Waals surface area contributed by atoms with Crippen molar-refractivity contribution in [2.24, 2.45) is 5.41 Å². The van der Waals surface area contributed by atoms with Gasteiger partial charge in [-0.05, 0) is 63.0 Å². The molecule has 0 aromatic carbocycles. The molecule has 0 aliphatic carbocycles. The van der Waals surface area contributed by atoms with Gasteiger partial charge in [-0.25, -0.2) is 0 Å². The fourth-order valence-corrected chi connectivity index (χ4v) is 3.86. The molecule has 1 aliphatic heterocycles. The van der Waals surface area contributed by atoms with Gasteiger partial charge in [-0.15, -0.1) is 6.58 Å². The van der Waals surface area contributed by atoms with Gasteiger partial charge in [0.1, 0.15) is 0 Å². The highest BCUT2D eigenvalue weighted by molar-refractivity contribution is 5.34. The molecule has 1 rings (SSSR count). The summed E-state index contributed by atoms with van der Waals surface area (Å²) in [6.45, 7) is 21.1. The van der Waals surface area contributed by atoms with Gasteiger partial charge >= 0.3 is 0 Å². The monoisotopic (exact) mass is 329 g/mol. The van der Waals surface area contributed by atoms with Crippen LogP contribution >= 0.6 is 0 Å². The van der Waals surface area contributed by atoms with Gasteiger partial charge in [0.25, 0.3) is 0 Å². The van der Waals surface area contributed by atoms with Crippen LogP contribution in [-0.4, -0.2) is 24.5 Å². The van der Waals surface area contributed by atoms with Gasteiger partial charge in [-0.2, -0.15) is 0 Å². The Labute approximate surface area is 151 Å². The molecule has 1 aliphatic rings. The summed E-state index contributed by atoms with van der Waals surface area (Å²) in [7, 11) is 0. The fraction of sp³-hybridized carbons (Fsp3) is 0.652. The number of rotatable bonds is 10. The van der Waals surface area contributed by atoms with E-state index in [0.717, 1.165) is 13.0 Å². The van der Waals surface area contributed by atoms with E-state index in [0.29, 0.717) is 5.41 Å². The minimum Gasteiger partial charge on any atom is -0.298 e. The highest BCUT2D eigenvalue weighted by Crippen LogP contribution is 2.39. The maximum atomic E-state index is 4.13. The molecule has 0 amide bonds. The third-order valence-electron chi connectivity index (χ3n) is 5.29. The van der Waals surface area contributed by atoms with Gasteiger partial charge in [0.15, 0.2) is 0 Å². The van der Waals surface area contributed by atoms with E-state index in [1.807, 2.05) is 0 Å². The van der Waals surface area contributed by atoms with Crippen molar-refractivity contribution in [3.8, 4) is 0 Å². The van der Waals surface area contributed by atoms with E-state index in [1.165, 1.54) is 61.1 Å². The Balaban J connectivity index is 2.81. The summed E-state index contributed by atoms with van der Waals surface area (Å²) in [6, 6.07) is 0. The Kier molecular flexibility index (Phi) is 8.76. The Morgan fingerprint density at radius 1 is 1.17 bits per heavy atom. The quantitative estimate of drug-likeness (QED) is 0.318. The van der Waals surface area contributed by atoms with Crippen LogP contribution in [0.4, 0.5) is 0 Å². The molecule has 0 aromatic rings. The Morgan fingerprint density at radius 2 is 1.83 bits per heavy atom. The molecule has 1 heterocycles. The second-order valence-electron chi connectivity index (χ2n) is 7.76. The lowest BCUT2D eigenvalue weighted by atomic mass is 9.73. The number of allylic oxidation sites excluding steroid dienone is 5. The molecule has 0 N–H and O–H groups in total.